The van der Waals surface area contributed by atoms with Crippen molar-refractivity contribution in [3.05, 3.63) is 64.2 Å². The van der Waals surface area contributed by atoms with Gasteiger partial charge in [0, 0.05) is 17.7 Å². The highest BCUT2D eigenvalue weighted by molar-refractivity contribution is 6.31. The van der Waals surface area contributed by atoms with Gasteiger partial charge in [-0.2, -0.15) is 0 Å². The number of hydrogen-bond acceptors (Lipinski definition) is 7. The van der Waals surface area contributed by atoms with Crippen molar-refractivity contribution in [2.75, 3.05) is 13.7 Å². The van der Waals surface area contributed by atoms with Crippen molar-refractivity contribution in [2.24, 2.45) is 0 Å². The largest absolute Gasteiger partial charge is 0.508 e. The fraction of sp³-hybridized carbons (Fsp3) is 0.400. The number of aromatic hydroxyl groups is 1. The summed E-state index contributed by atoms with van der Waals surface area (Å²) in [6, 6.07) is 11.6. The number of rotatable bonds is 5. The Morgan fingerprint density at radius 3 is 2.36 bits per heavy atom. The number of ether oxygens (including phenoxy) is 2. The van der Waals surface area contributed by atoms with E-state index in [4.69, 9.17) is 21.1 Å². The molecule has 3 unspecified atom stereocenters. The average molecular weight is 411 g/mol. The maximum absolute atomic E-state index is 10.6. The summed E-state index contributed by atoms with van der Waals surface area (Å²) in [5, 5.41) is 50.2. The van der Waals surface area contributed by atoms with Gasteiger partial charge in [0.2, 0.25) is 5.79 Å². The molecule has 0 amide bonds. The Hall–Kier alpha value is -1.71. The molecular formula is C20H23ClO7. The predicted octanol–water partition coefficient (Wildman–Crippen LogP) is 0.909. The van der Waals surface area contributed by atoms with E-state index in [-0.39, 0.29) is 5.75 Å². The molecule has 0 bridgehead atoms. The van der Waals surface area contributed by atoms with Crippen LogP contribution in [0.5, 0.6) is 5.75 Å². The lowest BCUT2D eigenvalue weighted by atomic mass is 9.87. The smallest absolute Gasteiger partial charge is 0.224 e. The SMILES string of the molecule is COC1(c2ccc(Cl)c(Cc3ccc(O)cc3)c2)OC(CO)[C@@H](O)C(O)[C@H]1O. The number of hydrogen-bond donors (Lipinski definition) is 5. The van der Waals surface area contributed by atoms with Crippen LogP contribution < -0.4 is 0 Å². The number of aliphatic hydroxyl groups is 4. The highest BCUT2D eigenvalue weighted by Gasteiger charge is 2.55. The minimum absolute atomic E-state index is 0.156. The summed E-state index contributed by atoms with van der Waals surface area (Å²) in [6.07, 6.45) is -5.35. The first-order valence-corrected chi connectivity index (χ1v) is 9.15. The summed E-state index contributed by atoms with van der Waals surface area (Å²) < 4.78 is 11.2. The van der Waals surface area contributed by atoms with Crippen LogP contribution in [0.2, 0.25) is 5.02 Å². The molecule has 5 N–H and O–H groups in total. The monoisotopic (exact) mass is 410 g/mol. The molecule has 1 aliphatic rings. The van der Waals surface area contributed by atoms with Crippen LogP contribution in [0, 0.1) is 0 Å². The lowest BCUT2D eigenvalue weighted by molar-refractivity contribution is -0.366. The molecule has 2 aromatic carbocycles. The van der Waals surface area contributed by atoms with Gasteiger partial charge in [0.15, 0.2) is 0 Å². The first-order valence-electron chi connectivity index (χ1n) is 8.77. The molecule has 1 aliphatic heterocycles. The molecule has 0 aliphatic carbocycles. The van der Waals surface area contributed by atoms with Crippen LogP contribution in [0.15, 0.2) is 42.5 Å². The molecule has 3 rings (SSSR count). The fourth-order valence-electron chi connectivity index (χ4n) is 3.43. The Bertz CT molecular complexity index is 811. The molecule has 0 saturated carbocycles. The molecule has 1 heterocycles. The second kappa shape index (κ2) is 8.34. The van der Waals surface area contributed by atoms with Gasteiger partial charge in [-0.3, -0.25) is 0 Å². The van der Waals surface area contributed by atoms with Gasteiger partial charge in [0.1, 0.15) is 30.2 Å². The van der Waals surface area contributed by atoms with Crippen LogP contribution in [0.25, 0.3) is 0 Å². The molecule has 28 heavy (non-hydrogen) atoms. The number of phenolic OH excluding ortho intramolecular Hbond substituents is 1. The lowest BCUT2D eigenvalue weighted by Gasteiger charge is -2.47. The summed E-state index contributed by atoms with van der Waals surface area (Å²) in [5.74, 6) is -1.64. The quantitative estimate of drug-likeness (QED) is 0.497. The molecule has 152 valence electrons. The van der Waals surface area contributed by atoms with Crippen LogP contribution >= 0.6 is 11.6 Å². The second-order valence-corrected chi connectivity index (χ2v) is 7.19. The van der Waals surface area contributed by atoms with Crippen molar-refractivity contribution in [3.8, 4) is 5.75 Å². The summed E-state index contributed by atoms with van der Waals surface area (Å²) in [7, 11) is 1.30. The van der Waals surface area contributed by atoms with Crippen molar-refractivity contribution in [1.29, 1.82) is 0 Å². The predicted molar refractivity (Wildman–Crippen MR) is 101 cm³/mol. The Labute approximate surface area is 167 Å². The minimum Gasteiger partial charge on any atom is -0.508 e. The standard InChI is InChI=1S/C20H23ClO7/c1-27-20(19(26)18(25)17(24)16(10-22)28-20)13-4-7-15(21)12(9-13)8-11-2-5-14(23)6-3-11/h2-7,9,16-19,22-26H,8,10H2,1H3/t16?,17-,18?,19-,20?/m1/s1. The van der Waals surface area contributed by atoms with Crippen LogP contribution in [0.1, 0.15) is 16.7 Å². The lowest BCUT2D eigenvalue weighted by Crippen LogP contribution is -2.64. The zero-order valence-corrected chi connectivity index (χ0v) is 16.0. The zero-order valence-electron chi connectivity index (χ0n) is 15.2. The third kappa shape index (κ3) is 3.75. The number of benzene rings is 2. The van der Waals surface area contributed by atoms with E-state index in [0.29, 0.717) is 22.6 Å². The highest BCUT2D eigenvalue weighted by Crippen LogP contribution is 2.40. The first kappa shape index (κ1) is 21.0. The van der Waals surface area contributed by atoms with Gasteiger partial charge in [-0.1, -0.05) is 29.8 Å². The third-order valence-electron chi connectivity index (χ3n) is 5.03. The van der Waals surface area contributed by atoms with Gasteiger partial charge in [-0.05, 0) is 41.8 Å². The van der Waals surface area contributed by atoms with Crippen molar-refractivity contribution in [3.63, 3.8) is 0 Å². The number of aliphatic hydroxyl groups excluding tert-OH is 4. The molecule has 1 saturated heterocycles. The van der Waals surface area contributed by atoms with Gasteiger partial charge in [0.25, 0.3) is 0 Å². The van der Waals surface area contributed by atoms with E-state index < -0.39 is 36.8 Å². The van der Waals surface area contributed by atoms with Crippen LogP contribution in [-0.2, 0) is 21.7 Å². The Morgan fingerprint density at radius 1 is 1.07 bits per heavy atom. The topological polar surface area (TPSA) is 120 Å². The highest BCUT2D eigenvalue weighted by atomic mass is 35.5. The average Bonchev–Trinajstić information content (AvgIpc) is 2.70. The van der Waals surface area contributed by atoms with Crippen molar-refractivity contribution in [2.45, 2.75) is 36.6 Å². The molecule has 0 spiro atoms. The van der Waals surface area contributed by atoms with Crippen molar-refractivity contribution in [1.82, 2.24) is 0 Å². The number of halogens is 1. The summed E-state index contributed by atoms with van der Waals surface area (Å²) in [6.45, 7) is -0.565. The summed E-state index contributed by atoms with van der Waals surface area (Å²) >= 11 is 6.33. The molecule has 8 heteroatoms. The molecule has 7 nitrogen and oxygen atoms in total. The van der Waals surface area contributed by atoms with E-state index in [0.717, 1.165) is 5.56 Å². The maximum atomic E-state index is 10.6. The van der Waals surface area contributed by atoms with Gasteiger partial charge < -0.3 is 35.0 Å². The van der Waals surface area contributed by atoms with E-state index in [1.165, 1.54) is 7.11 Å². The van der Waals surface area contributed by atoms with Gasteiger partial charge in [0.05, 0.1) is 6.61 Å². The van der Waals surface area contributed by atoms with E-state index >= 15 is 0 Å². The molecule has 2 aromatic rings. The van der Waals surface area contributed by atoms with Crippen molar-refractivity contribution >= 4 is 11.6 Å². The van der Waals surface area contributed by atoms with Crippen LogP contribution in [-0.4, -0.2) is 63.7 Å². The summed E-state index contributed by atoms with van der Waals surface area (Å²) in [4.78, 5) is 0. The van der Waals surface area contributed by atoms with Crippen LogP contribution in [0.4, 0.5) is 0 Å². The van der Waals surface area contributed by atoms with Gasteiger partial charge in [-0.25, -0.2) is 0 Å². The normalized spacial score (nSPS) is 30.4. The van der Waals surface area contributed by atoms with E-state index in [1.54, 1.807) is 42.5 Å². The Kier molecular flexibility index (Phi) is 6.26. The maximum Gasteiger partial charge on any atom is 0.224 e. The number of phenols is 1. The van der Waals surface area contributed by atoms with Crippen LogP contribution in [0.3, 0.4) is 0 Å². The van der Waals surface area contributed by atoms with Gasteiger partial charge >= 0.3 is 0 Å². The number of methoxy groups -OCH3 is 1. The van der Waals surface area contributed by atoms with E-state index in [1.807, 2.05) is 0 Å². The second-order valence-electron chi connectivity index (χ2n) is 6.79. The zero-order chi connectivity index (χ0) is 20.5. The fourth-order valence-corrected chi connectivity index (χ4v) is 3.61. The molecule has 5 atom stereocenters. The van der Waals surface area contributed by atoms with E-state index in [2.05, 4.69) is 0 Å². The Balaban J connectivity index is 2.00. The molecule has 0 radical (unpaired) electrons. The first-order chi connectivity index (χ1) is 13.3. The van der Waals surface area contributed by atoms with E-state index in [9.17, 15) is 25.5 Å². The Morgan fingerprint density at radius 2 is 1.75 bits per heavy atom. The minimum atomic E-state index is -1.79. The molecular weight excluding hydrogens is 388 g/mol. The third-order valence-corrected chi connectivity index (χ3v) is 5.40. The van der Waals surface area contributed by atoms with Crippen molar-refractivity contribution < 1.29 is 35.0 Å². The molecule has 0 aromatic heterocycles. The molecule has 1 fully saturated rings. The summed E-state index contributed by atoms with van der Waals surface area (Å²) in [5.41, 5.74) is 1.99. The van der Waals surface area contributed by atoms with Gasteiger partial charge in [-0.15, -0.1) is 0 Å².